The van der Waals surface area contributed by atoms with E-state index >= 15 is 0 Å². The first-order valence-electron chi connectivity index (χ1n) is 14.9. The summed E-state index contributed by atoms with van der Waals surface area (Å²) in [6.45, 7) is 0. The fourth-order valence-corrected chi connectivity index (χ4v) is 5.62. The van der Waals surface area contributed by atoms with Crippen LogP contribution in [0, 0.1) is 0 Å². The number of oxazole rings is 1. The zero-order chi connectivity index (χ0) is 30.0. The molecular weight excluding hydrogens is 550 g/mol. The Balaban J connectivity index is 1.17. The van der Waals surface area contributed by atoms with Crippen LogP contribution in [0.5, 0.6) is 0 Å². The molecule has 0 aliphatic rings. The molecule has 0 spiro atoms. The van der Waals surface area contributed by atoms with Crippen LogP contribution in [0.2, 0.25) is 0 Å². The number of hydrogen-bond acceptors (Lipinski definition) is 4. The molecule has 6 aromatic carbocycles. The van der Waals surface area contributed by atoms with Crippen LogP contribution in [0.15, 0.2) is 168 Å². The molecule has 0 aliphatic carbocycles. The van der Waals surface area contributed by atoms with Crippen molar-refractivity contribution in [3.8, 4) is 67.6 Å². The summed E-state index contributed by atoms with van der Waals surface area (Å²) >= 11 is 0. The third kappa shape index (κ3) is 5.30. The topological polar surface area (TPSA) is 51.8 Å². The van der Waals surface area contributed by atoms with Gasteiger partial charge in [0.05, 0.1) is 11.4 Å². The SMILES string of the molecule is c1ccc(-c2ccc(-c3nc(-c4ccccc4)cc(-c4ccc(-c5cccc6nc(-c7ccccc7)oc56)cc4)n3)cc2)cc1. The molecule has 2 heterocycles. The maximum absolute atomic E-state index is 6.29. The molecule has 0 amide bonds. The predicted octanol–water partition coefficient (Wildman–Crippen LogP) is 10.6. The molecule has 212 valence electrons. The minimum absolute atomic E-state index is 0.619. The summed E-state index contributed by atoms with van der Waals surface area (Å²) in [6, 6.07) is 55.7. The van der Waals surface area contributed by atoms with Gasteiger partial charge in [-0.15, -0.1) is 0 Å². The zero-order valence-corrected chi connectivity index (χ0v) is 24.3. The zero-order valence-electron chi connectivity index (χ0n) is 24.3. The van der Waals surface area contributed by atoms with Crippen LogP contribution >= 0.6 is 0 Å². The normalized spacial score (nSPS) is 11.1. The van der Waals surface area contributed by atoms with Crippen molar-refractivity contribution in [1.82, 2.24) is 15.0 Å². The summed E-state index contributed by atoms with van der Waals surface area (Å²) < 4.78 is 6.29. The Morgan fingerprint density at radius 2 is 0.844 bits per heavy atom. The lowest BCUT2D eigenvalue weighted by atomic mass is 10.0. The van der Waals surface area contributed by atoms with Crippen molar-refractivity contribution in [2.75, 3.05) is 0 Å². The lowest BCUT2D eigenvalue weighted by Gasteiger charge is -2.11. The summed E-state index contributed by atoms with van der Waals surface area (Å²) in [5, 5.41) is 0. The van der Waals surface area contributed by atoms with E-state index in [-0.39, 0.29) is 0 Å². The molecule has 8 aromatic rings. The molecule has 0 saturated carbocycles. The van der Waals surface area contributed by atoms with Gasteiger partial charge in [0, 0.05) is 27.8 Å². The van der Waals surface area contributed by atoms with Crippen molar-refractivity contribution in [2.45, 2.75) is 0 Å². The Kier molecular flexibility index (Phi) is 6.78. The van der Waals surface area contributed by atoms with Gasteiger partial charge >= 0.3 is 0 Å². The van der Waals surface area contributed by atoms with Crippen molar-refractivity contribution >= 4 is 11.1 Å². The Bertz CT molecular complexity index is 2220. The summed E-state index contributed by atoms with van der Waals surface area (Å²) in [5.74, 6) is 1.31. The van der Waals surface area contributed by atoms with Crippen LogP contribution in [-0.4, -0.2) is 15.0 Å². The van der Waals surface area contributed by atoms with Crippen molar-refractivity contribution < 1.29 is 4.42 Å². The molecule has 4 heteroatoms. The summed E-state index contributed by atoms with van der Waals surface area (Å²) in [5.41, 5.74) is 11.7. The van der Waals surface area contributed by atoms with E-state index in [1.165, 1.54) is 5.56 Å². The number of para-hydroxylation sites is 1. The fraction of sp³-hybridized carbons (Fsp3) is 0. The van der Waals surface area contributed by atoms with Crippen LogP contribution < -0.4 is 0 Å². The van der Waals surface area contributed by atoms with E-state index in [4.69, 9.17) is 19.4 Å². The molecule has 0 saturated heterocycles. The summed E-state index contributed by atoms with van der Waals surface area (Å²) in [7, 11) is 0. The molecule has 0 radical (unpaired) electrons. The van der Waals surface area contributed by atoms with E-state index in [1.54, 1.807) is 0 Å². The van der Waals surface area contributed by atoms with E-state index in [2.05, 4.69) is 97.1 Å². The smallest absolute Gasteiger partial charge is 0.227 e. The van der Waals surface area contributed by atoms with Gasteiger partial charge in [0.15, 0.2) is 11.4 Å². The number of benzene rings is 6. The highest BCUT2D eigenvalue weighted by Crippen LogP contribution is 2.34. The van der Waals surface area contributed by atoms with Gasteiger partial charge in [-0.05, 0) is 41.0 Å². The molecule has 0 bridgehead atoms. The first-order valence-corrected chi connectivity index (χ1v) is 14.9. The van der Waals surface area contributed by atoms with Crippen molar-refractivity contribution in [2.24, 2.45) is 0 Å². The van der Waals surface area contributed by atoms with Gasteiger partial charge in [0.25, 0.3) is 0 Å². The monoisotopic (exact) mass is 577 g/mol. The van der Waals surface area contributed by atoms with E-state index in [9.17, 15) is 0 Å². The average molecular weight is 578 g/mol. The van der Waals surface area contributed by atoms with E-state index in [1.807, 2.05) is 66.7 Å². The van der Waals surface area contributed by atoms with E-state index < -0.39 is 0 Å². The van der Waals surface area contributed by atoms with Crippen molar-refractivity contribution in [3.05, 3.63) is 164 Å². The Morgan fingerprint density at radius 3 is 1.49 bits per heavy atom. The van der Waals surface area contributed by atoms with Crippen LogP contribution in [0.3, 0.4) is 0 Å². The molecule has 4 nitrogen and oxygen atoms in total. The quantitative estimate of drug-likeness (QED) is 0.197. The first-order chi connectivity index (χ1) is 22.3. The first kappa shape index (κ1) is 26.5. The molecule has 0 atom stereocenters. The molecule has 0 fully saturated rings. The van der Waals surface area contributed by atoms with Crippen molar-refractivity contribution in [1.29, 1.82) is 0 Å². The number of fused-ring (bicyclic) bond motifs is 1. The van der Waals surface area contributed by atoms with Crippen LogP contribution in [0.25, 0.3) is 78.7 Å². The third-order valence-electron chi connectivity index (χ3n) is 7.97. The van der Waals surface area contributed by atoms with E-state index in [0.29, 0.717) is 11.7 Å². The molecule has 45 heavy (non-hydrogen) atoms. The Morgan fingerprint density at radius 1 is 0.356 bits per heavy atom. The lowest BCUT2D eigenvalue weighted by molar-refractivity contribution is 0.621. The molecule has 8 rings (SSSR count). The van der Waals surface area contributed by atoms with Crippen LogP contribution in [0.4, 0.5) is 0 Å². The maximum Gasteiger partial charge on any atom is 0.227 e. The van der Waals surface area contributed by atoms with Crippen LogP contribution in [0.1, 0.15) is 0 Å². The van der Waals surface area contributed by atoms with Crippen molar-refractivity contribution in [3.63, 3.8) is 0 Å². The van der Waals surface area contributed by atoms with Gasteiger partial charge in [-0.1, -0.05) is 140 Å². The molecule has 0 aliphatic heterocycles. The molecule has 0 N–H and O–H groups in total. The van der Waals surface area contributed by atoms with Crippen LogP contribution in [-0.2, 0) is 0 Å². The van der Waals surface area contributed by atoms with Gasteiger partial charge in [-0.3, -0.25) is 0 Å². The highest BCUT2D eigenvalue weighted by atomic mass is 16.3. The van der Waals surface area contributed by atoms with Gasteiger partial charge in [-0.25, -0.2) is 15.0 Å². The number of rotatable bonds is 6. The summed E-state index contributed by atoms with van der Waals surface area (Å²) in [6.07, 6.45) is 0. The number of hydrogen-bond donors (Lipinski definition) is 0. The van der Waals surface area contributed by atoms with Gasteiger partial charge in [-0.2, -0.15) is 0 Å². The largest absolute Gasteiger partial charge is 0.435 e. The fourth-order valence-electron chi connectivity index (χ4n) is 5.62. The Labute approximate surface area is 261 Å². The average Bonchev–Trinajstić information content (AvgIpc) is 3.58. The second kappa shape index (κ2) is 11.5. The molecular formula is C41H27N3O. The minimum Gasteiger partial charge on any atom is -0.435 e. The predicted molar refractivity (Wildman–Crippen MR) is 182 cm³/mol. The van der Waals surface area contributed by atoms with Gasteiger partial charge in [0.1, 0.15) is 5.52 Å². The van der Waals surface area contributed by atoms with Gasteiger partial charge < -0.3 is 4.42 Å². The van der Waals surface area contributed by atoms with Gasteiger partial charge in [0.2, 0.25) is 5.89 Å². The number of nitrogens with zero attached hydrogens (tertiary/aromatic N) is 3. The third-order valence-corrected chi connectivity index (χ3v) is 7.97. The summed E-state index contributed by atoms with van der Waals surface area (Å²) in [4.78, 5) is 14.8. The number of aromatic nitrogens is 3. The van der Waals surface area contributed by atoms with E-state index in [0.717, 1.165) is 61.4 Å². The molecule has 0 unspecified atom stereocenters. The standard InChI is InChI=1S/C41H27N3O/c1-4-11-28(12-5-1)29-19-25-33(26-20-29)40-42-37(31-13-6-2-7-14-31)27-38(43-40)32-23-21-30(22-24-32)35-17-10-18-36-39(35)45-41(44-36)34-15-8-3-9-16-34/h1-27H. The highest BCUT2D eigenvalue weighted by Gasteiger charge is 2.15. The lowest BCUT2D eigenvalue weighted by Crippen LogP contribution is -1.96. The second-order valence-corrected chi connectivity index (χ2v) is 10.9. The second-order valence-electron chi connectivity index (χ2n) is 10.9. The Hall–Kier alpha value is -6.13. The minimum atomic E-state index is 0.619. The molecule has 2 aromatic heterocycles. The maximum atomic E-state index is 6.29. The highest BCUT2D eigenvalue weighted by molar-refractivity contribution is 5.92.